The molecule has 1 rings (SSSR count). The van der Waals surface area contributed by atoms with E-state index in [0.717, 1.165) is 13.0 Å². The molecule has 0 aromatic carbocycles. The average Bonchev–Trinajstić information content (AvgIpc) is 2.46. The van der Waals surface area contributed by atoms with Gasteiger partial charge in [-0.25, -0.2) is 4.98 Å². The van der Waals surface area contributed by atoms with Crippen LogP contribution < -0.4 is 4.74 Å². The Bertz CT molecular complexity index is 352. The van der Waals surface area contributed by atoms with Crippen molar-refractivity contribution in [1.29, 1.82) is 0 Å². The maximum atomic E-state index is 13.1. The maximum Gasteiger partial charge on any atom is 0.255 e. The highest BCUT2D eigenvalue weighted by molar-refractivity contribution is 5.17. The van der Waals surface area contributed by atoms with E-state index in [1.165, 1.54) is 12.3 Å². The van der Waals surface area contributed by atoms with Gasteiger partial charge < -0.3 is 18.9 Å². The van der Waals surface area contributed by atoms with Crippen LogP contribution in [0.2, 0.25) is 0 Å². The summed E-state index contributed by atoms with van der Waals surface area (Å²) in [6, 6.07) is 3.15. The van der Waals surface area contributed by atoms with Gasteiger partial charge in [-0.05, 0) is 18.6 Å². The highest BCUT2D eigenvalue weighted by Gasteiger charge is 2.01. The number of pyridine rings is 1. The molecular weight excluding hydrogens is 264 g/mol. The summed E-state index contributed by atoms with van der Waals surface area (Å²) in [4.78, 5) is 3.48. The van der Waals surface area contributed by atoms with E-state index in [2.05, 4.69) is 11.9 Å². The number of halogens is 1. The van der Waals surface area contributed by atoms with Crippen molar-refractivity contribution < 1.29 is 23.3 Å². The molecule has 0 amide bonds. The van der Waals surface area contributed by atoms with Crippen LogP contribution in [0, 0.1) is 5.95 Å². The SMILES string of the molecule is CCCOCCOCCOCCOc1cccnc1[18F]. The summed E-state index contributed by atoms with van der Waals surface area (Å²) in [6.45, 7) is 5.66. The Balaban J connectivity index is 1.87. The lowest BCUT2D eigenvalue weighted by Gasteiger charge is -2.08. The lowest BCUT2D eigenvalue weighted by molar-refractivity contribution is 0.00922. The molecule has 1 aromatic rings. The van der Waals surface area contributed by atoms with Crippen molar-refractivity contribution in [2.75, 3.05) is 46.2 Å². The molecule has 0 saturated heterocycles. The molecule has 5 nitrogen and oxygen atoms in total. The first-order valence-electron chi connectivity index (χ1n) is 6.81. The Morgan fingerprint density at radius 3 is 2.15 bits per heavy atom. The van der Waals surface area contributed by atoms with Gasteiger partial charge in [0.05, 0.1) is 33.0 Å². The highest BCUT2D eigenvalue weighted by Crippen LogP contribution is 2.12. The molecule has 0 spiro atoms. The minimum Gasteiger partial charge on any atom is -0.486 e. The molecule has 0 unspecified atom stereocenters. The molecular formula is C14H22FNO4. The van der Waals surface area contributed by atoms with Crippen LogP contribution >= 0.6 is 0 Å². The molecule has 0 aliphatic heterocycles. The maximum absolute atomic E-state index is 13.1. The van der Waals surface area contributed by atoms with Crippen LogP contribution in [0.25, 0.3) is 0 Å². The van der Waals surface area contributed by atoms with E-state index in [4.69, 9.17) is 18.9 Å². The molecule has 0 saturated carbocycles. The number of hydrogen-bond donors (Lipinski definition) is 0. The third-order valence-electron chi connectivity index (χ3n) is 2.30. The summed E-state index contributed by atoms with van der Waals surface area (Å²) in [5, 5.41) is 0. The van der Waals surface area contributed by atoms with Crippen molar-refractivity contribution in [2.45, 2.75) is 13.3 Å². The zero-order chi connectivity index (χ0) is 14.5. The highest BCUT2D eigenvalue weighted by atomic mass is 18.2. The van der Waals surface area contributed by atoms with Gasteiger partial charge in [0, 0.05) is 12.8 Å². The summed E-state index contributed by atoms with van der Waals surface area (Å²) >= 11 is 0. The zero-order valence-corrected chi connectivity index (χ0v) is 11.8. The summed E-state index contributed by atoms with van der Waals surface area (Å²) in [5.41, 5.74) is 0. The normalized spacial score (nSPS) is 10.7. The van der Waals surface area contributed by atoms with E-state index < -0.39 is 5.95 Å². The van der Waals surface area contributed by atoms with Crippen molar-refractivity contribution in [2.24, 2.45) is 0 Å². The number of hydrogen-bond acceptors (Lipinski definition) is 5. The molecule has 6 heteroatoms. The molecule has 0 bridgehead atoms. The van der Waals surface area contributed by atoms with Gasteiger partial charge in [0.25, 0.3) is 5.95 Å². The number of rotatable bonds is 12. The van der Waals surface area contributed by atoms with Gasteiger partial charge in [-0.1, -0.05) is 6.92 Å². The molecule has 0 radical (unpaired) electrons. The number of aromatic nitrogens is 1. The van der Waals surface area contributed by atoms with E-state index in [0.29, 0.717) is 33.0 Å². The Morgan fingerprint density at radius 1 is 0.950 bits per heavy atom. The van der Waals surface area contributed by atoms with Crippen LogP contribution in [0.5, 0.6) is 5.75 Å². The molecule has 0 aliphatic rings. The fourth-order valence-corrected chi connectivity index (χ4v) is 1.38. The Kier molecular flexibility index (Phi) is 9.73. The third kappa shape index (κ3) is 8.04. The van der Waals surface area contributed by atoms with Crippen LogP contribution in [-0.4, -0.2) is 51.2 Å². The van der Waals surface area contributed by atoms with Crippen LogP contribution in [-0.2, 0) is 14.2 Å². The predicted molar refractivity (Wildman–Crippen MR) is 72.4 cm³/mol. The quantitative estimate of drug-likeness (QED) is 0.435. The Morgan fingerprint density at radius 2 is 1.55 bits per heavy atom. The van der Waals surface area contributed by atoms with Gasteiger partial charge in [-0.15, -0.1) is 0 Å². The lowest BCUT2D eigenvalue weighted by atomic mass is 10.4. The summed E-state index contributed by atoms with van der Waals surface area (Å²) in [7, 11) is 0. The summed E-state index contributed by atoms with van der Waals surface area (Å²) in [5.74, 6) is -0.469. The minimum atomic E-state index is -0.608. The summed E-state index contributed by atoms with van der Waals surface area (Å²) < 4.78 is 34.1. The second-order valence-corrected chi connectivity index (χ2v) is 3.98. The van der Waals surface area contributed by atoms with Crippen molar-refractivity contribution in [3.8, 4) is 5.75 Å². The molecule has 1 aromatic heterocycles. The fraction of sp³-hybridized carbons (Fsp3) is 0.643. The number of ether oxygens (including phenoxy) is 4. The smallest absolute Gasteiger partial charge is 0.255 e. The Labute approximate surface area is 119 Å². The van der Waals surface area contributed by atoms with Gasteiger partial charge in [-0.3, -0.25) is 0 Å². The topological polar surface area (TPSA) is 49.8 Å². The first kappa shape index (κ1) is 16.8. The van der Waals surface area contributed by atoms with Crippen molar-refractivity contribution >= 4 is 0 Å². The molecule has 0 N–H and O–H groups in total. The van der Waals surface area contributed by atoms with Crippen molar-refractivity contribution in [3.05, 3.63) is 24.3 Å². The molecule has 0 aliphatic carbocycles. The van der Waals surface area contributed by atoms with E-state index in [9.17, 15) is 4.39 Å². The molecule has 0 fully saturated rings. The Hall–Kier alpha value is -1.24. The molecule has 1 heterocycles. The monoisotopic (exact) mass is 286 g/mol. The first-order chi connectivity index (χ1) is 9.84. The van der Waals surface area contributed by atoms with E-state index in [1.807, 2.05) is 0 Å². The van der Waals surface area contributed by atoms with Gasteiger partial charge in [0.1, 0.15) is 6.61 Å². The van der Waals surface area contributed by atoms with Crippen molar-refractivity contribution in [1.82, 2.24) is 4.98 Å². The molecule has 20 heavy (non-hydrogen) atoms. The van der Waals surface area contributed by atoms with E-state index in [1.54, 1.807) is 6.07 Å². The minimum absolute atomic E-state index is 0.139. The van der Waals surface area contributed by atoms with Crippen LogP contribution in [0.1, 0.15) is 13.3 Å². The van der Waals surface area contributed by atoms with Gasteiger partial charge in [0.15, 0.2) is 5.75 Å². The lowest BCUT2D eigenvalue weighted by Crippen LogP contribution is -2.13. The molecule has 0 atom stereocenters. The van der Waals surface area contributed by atoms with E-state index >= 15 is 0 Å². The largest absolute Gasteiger partial charge is 0.486 e. The first-order valence-corrected chi connectivity index (χ1v) is 6.81. The fourth-order valence-electron chi connectivity index (χ4n) is 1.38. The average molecular weight is 286 g/mol. The molecule has 114 valence electrons. The van der Waals surface area contributed by atoms with Crippen LogP contribution in [0.3, 0.4) is 0 Å². The predicted octanol–water partition coefficient (Wildman–Crippen LogP) is 2.06. The summed E-state index contributed by atoms with van der Waals surface area (Å²) in [6.07, 6.45) is 2.39. The second kappa shape index (κ2) is 11.6. The zero-order valence-electron chi connectivity index (χ0n) is 11.8. The standard InChI is InChI=1S/C14H22FNO4/c1-2-6-17-7-8-18-9-10-19-11-12-20-13-4-3-5-16-14(13)15/h3-5H,2,6-12H2,1H3/i15-1. The van der Waals surface area contributed by atoms with Gasteiger partial charge in [0.2, 0.25) is 0 Å². The van der Waals surface area contributed by atoms with Gasteiger partial charge in [-0.2, -0.15) is 4.39 Å². The third-order valence-corrected chi connectivity index (χ3v) is 2.30. The van der Waals surface area contributed by atoms with Gasteiger partial charge >= 0.3 is 0 Å². The number of nitrogens with zero attached hydrogens (tertiary/aromatic N) is 1. The van der Waals surface area contributed by atoms with E-state index in [-0.39, 0.29) is 12.4 Å². The van der Waals surface area contributed by atoms with Crippen LogP contribution in [0.15, 0.2) is 18.3 Å². The second-order valence-electron chi connectivity index (χ2n) is 3.98. The van der Waals surface area contributed by atoms with Crippen LogP contribution in [0.4, 0.5) is 4.39 Å². The van der Waals surface area contributed by atoms with Crippen molar-refractivity contribution in [3.63, 3.8) is 0 Å².